The molecule has 2 atom stereocenters. The zero-order valence-electron chi connectivity index (χ0n) is 9.39. The number of Topliss-reactive ketones (excluding diaryl/α,β-unsaturated/α-hetero) is 1. The van der Waals surface area contributed by atoms with E-state index < -0.39 is 0 Å². The molecule has 1 saturated carbocycles. The van der Waals surface area contributed by atoms with E-state index in [0.29, 0.717) is 17.6 Å². The molecule has 0 N–H and O–H groups in total. The number of carbonyl (C=O) groups is 1. The highest BCUT2D eigenvalue weighted by molar-refractivity contribution is 5.82. The molecule has 1 nitrogen and oxygen atoms in total. The van der Waals surface area contributed by atoms with Crippen LogP contribution in [0.3, 0.4) is 0 Å². The van der Waals surface area contributed by atoms with Crippen molar-refractivity contribution in [3.05, 3.63) is 0 Å². The molecule has 0 radical (unpaired) electrons. The molecule has 1 aliphatic carbocycles. The lowest BCUT2D eigenvalue weighted by molar-refractivity contribution is -0.129. The normalized spacial score (nSPS) is 30.6. The molecule has 0 aromatic heterocycles. The Morgan fingerprint density at radius 3 is 2.31 bits per heavy atom. The molecule has 0 bridgehead atoms. The number of rotatable bonds is 1. The SMILES string of the molecule is CCC1CCC(C(C)(C)C)C(=O)C1. The average molecular weight is 182 g/mol. The Kier molecular flexibility index (Phi) is 3.15. The van der Waals surface area contributed by atoms with Crippen LogP contribution in [0.2, 0.25) is 0 Å². The van der Waals surface area contributed by atoms with Crippen LogP contribution in [-0.2, 0) is 4.79 Å². The standard InChI is InChI=1S/C12H22O/c1-5-9-6-7-10(11(13)8-9)12(2,3)4/h9-10H,5-8H2,1-4H3. The first kappa shape index (κ1) is 10.7. The third-order valence-corrected chi connectivity index (χ3v) is 3.36. The minimum atomic E-state index is 0.176. The summed E-state index contributed by atoms with van der Waals surface area (Å²) >= 11 is 0. The molecular weight excluding hydrogens is 160 g/mol. The van der Waals surface area contributed by atoms with Crippen LogP contribution in [0.5, 0.6) is 0 Å². The molecule has 1 heteroatoms. The van der Waals surface area contributed by atoms with Gasteiger partial charge in [-0.2, -0.15) is 0 Å². The lowest BCUT2D eigenvalue weighted by atomic mass is 9.68. The number of ketones is 1. The van der Waals surface area contributed by atoms with E-state index in [2.05, 4.69) is 27.7 Å². The first-order chi connectivity index (χ1) is 5.95. The van der Waals surface area contributed by atoms with Gasteiger partial charge in [0.1, 0.15) is 5.78 Å². The van der Waals surface area contributed by atoms with Crippen molar-refractivity contribution in [2.45, 2.75) is 53.4 Å². The molecule has 0 aliphatic heterocycles. The summed E-state index contributed by atoms with van der Waals surface area (Å²) < 4.78 is 0. The molecule has 76 valence electrons. The van der Waals surface area contributed by atoms with E-state index in [1.807, 2.05) is 0 Å². The molecule has 2 unspecified atom stereocenters. The van der Waals surface area contributed by atoms with Crippen molar-refractivity contribution in [3.63, 3.8) is 0 Å². The largest absolute Gasteiger partial charge is 0.299 e. The maximum absolute atomic E-state index is 11.8. The number of carbonyl (C=O) groups excluding carboxylic acids is 1. The van der Waals surface area contributed by atoms with Gasteiger partial charge in [0.05, 0.1) is 0 Å². The fourth-order valence-electron chi connectivity index (χ4n) is 2.36. The van der Waals surface area contributed by atoms with Gasteiger partial charge in [0.25, 0.3) is 0 Å². The van der Waals surface area contributed by atoms with E-state index in [0.717, 1.165) is 12.8 Å². The minimum Gasteiger partial charge on any atom is -0.299 e. The molecule has 0 amide bonds. The third kappa shape index (κ3) is 2.55. The average Bonchev–Trinajstić information content (AvgIpc) is 2.01. The number of hydrogen-bond donors (Lipinski definition) is 0. The fraction of sp³-hybridized carbons (Fsp3) is 0.917. The zero-order valence-corrected chi connectivity index (χ0v) is 9.39. The van der Waals surface area contributed by atoms with Crippen LogP contribution in [0.15, 0.2) is 0 Å². The van der Waals surface area contributed by atoms with E-state index in [1.165, 1.54) is 12.8 Å². The van der Waals surface area contributed by atoms with Crippen molar-refractivity contribution in [1.82, 2.24) is 0 Å². The summed E-state index contributed by atoms with van der Waals surface area (Å²) in [6, 6.07) is 0. The summed E-state index contributed by atoms with van der Waals surface area (Å²) in [5.74, 6) is 1.49. The molecule has 1 aliphatic rings. The first-order valence-electron chi connectivity index (χ1n) is 5.48. The lowest BCUT2D eigenvalue weighted by Gasteiger charge is -2.35. The van der Waals surface area contributed by atoms with E-state index >= 15 is 0 Å². The predicted molar refractivity (Wildman–Crippen MR) is 55.6 cm³/mol. The van der Waals surface area contributed by atoms with Crippen LogP contribution in [0.1, 0.15) is 53.4 Å². The minimum absolute atomic E-state index is 0.176. The van der Waals surface area contributed by atoms with E-state index in [1.54, 1.807) is 0 Å². The van der Waals surface area contributed by atoms with Crippen LogP contribution >= 0.6 is 0 Å². The smallest absolute Gasteiger partial charge is 0.136 e. The summed E-state index contributed by atoms with van der Waals surface area (Å²) in [7, 11) is 0. The van der Waals surface area contributed by atoms with E-state index in [9.17, 15) is 4.79 Å². The van der Waals surface area contributed by atoms with Crippen LogP contribution < -0.4 is 0 Å². The summed E-state index contributed by atoms with van der Waals surface area (Å²) in [5.41, 5.74) is 0.176. The maximum Gasteiger partial charge on any atom is 0.136 e. The number of hydrogen-bond acceptors (Lipinski definition) is 1. The van der Waals surface area contributed by atoms with Crippen LogP contribution in [0, 0.1) is 17.3 Å². The molecule has 13 heavy (non-hydrogen) atoms. The van der Waals surface area contributed by atoms with Gasteiger partial charge in [0.2, 0.25) is 0 Å². The van der Waals surface area contributed by atoms with Gasteiger partial charge in [-0.1, -0.05) is 34.1 Å². The summed E-state index contributed by atoms with van der Waals surface area (Å²) in [6.45, 7) is 8.74. The van der Waals surface area contributed by atoms with Crippen molar-refractivity contribution in [2.24, 2.45) is 17.3 Å². The van der Waals surface area contributed by atoms with Crippen molar-refractivity contribution < 1.29 is 4.79 Å². The van der Waals surface area contributed by atoms with Crippen molar-refractivity contribution in [3.8, 4) is 0 Å². The van der Waals surface area contributed by atoms with E-state index in [4.69, 9.17) is 0 Å². The molecule has 1 rings (SSSR count). The summed E-state index contributed by atoms with van der Waals surface area (Å²) in [5, 5.41) is 0. The van der Waals surface area contributed by atoms with Gasteiger partial charge in [-0.25, -0.2) is 0 Å². The first-order valence-corrected chi connectivity index (χ1v) is 5.48. The van der Waals surface area contributed by atoms with Gasteiger partial charge in [0.15, 0.2) is 0 Å². The maximum atomic E-state index is 11.8. The molecule has 0 heterocycles. The summed E-state index contributed by atoms with van der Waals surface area (Å²) in [6.07, 6.45) is 4.37. The van der Waals surface area contributed by atoms with Gasteiger partial charge >= 0.3 is 0 Å². The second-order valence-electron chi connectivity index (χ2n) is 5.44. The van der Waals surface area contributed by atoms with Crippen molar-refractivity contribution in [2.75, 3.05) is 0 Å². The van der Waals surface area contributed by atoms with Crippen LogP contribution in [0.25, 0.3) is 0 Å². The Labute approximate surface area is 81.9 Å². The van der Waals surface area contributed by atoms with Crippen LogP contribution in [0.4, 0.5) is 0 Å². The third-order valence-electron chi connectivity index (χ3n) is 3.36. The summed E-state index contributed by atoms with van der Waals surface area (Å²) in [4.78, 5) is 11.8. The molecule has 0 aromatic rings. The Bertz CT molecular complexity index is 188. The zero-order chi connectivity index (χ0) is 10.1. The molecule has 0 spiro atoms. The molecular formula is C12H22O. The van der Waals surface area contributed by atoms with Gasteiger partial charge in [-0.15, -0.1) is 0 Å². The van der Waals surface area contributed by atoms with Crippen LogP contribution in [-0.4, -0.2) is 5.78 Å². The van der Waals surface area contributed by atoms with Gasteiger partial charge < -0.3 is 0 Å². The highest BCUT2D eigenvalue weighted by Crippen LogP contribution is 2.38. The van der Waals surface area contributed by atoms with Gasteiger partial charge in [-0.05, 0) is 24.2 Å². The Morgan fingerprint density at radius 2 is 1.92 bits per heavy atom. The second-order valence-corrected chi connectivity index (χ2v) is 5.44. The molecule has 0 saturated heterocycles. The van der Waals surface area contributed by atoms with Gasteiger partial charge in [-0.3, -0.25) is 4.79 Å². The fourth-order valence-corrected chi connectivity index (χ4v) is 2.36. The highest BCUT2D eigenvalue weighted by atomic mass is 16.1. The van der Waals surface area contributed by atoms with Crippen molar-refractivity contribution in [1.29, 1.82) is 0 Å². The monoisotopic (exact) mass is 182 g/mol. The molecule has 0 aromatic carbocycles. The lowest BCUT2D eigenvalue weighted by Crippen LogP contribution is -2.33. The molecule has 1 fully saturated rings. The Hall–Kier alpha value is -0.330. The highest BCUT2D eigenvalue weighted by Gasteiger charge is 2.35. The second kappa shape index (κ2) is 3.81. The van der Waals surface area contributed by atoms with Crippen molar-refractivity contribution >= 4 is 5.78 Å². The van der Waals surface area contributed by atoms with E-state index in [-0.39, 0.29) is 5.41 Å². The Balaban J connectivity index is 2.59. The predicted octanol–water partition coefficient (Wildman–Crippen LogP) is 3.43. The Morgan fingerprint density at radius 1 is 1.31 bits per heavy atom. The van der Waals surface area contributed by atoms with Gasteiger partial charge in [0, 0.05) is 12.3 Å². The topological polar surface area (TPSA) is 17.1 Å². The quantitative estimate of drug-likeness (QED) is 0.607.